The lowest BCUT2D eigenvalue weighted by molar-refractivity contribution is 0.0773. The summed E-state index contributed by atoms with van der Waals surface area (Å²) in [6.07, 6.45) is 4.60. The lowest BCUT2D eigenvalue weighted by atomic mass is 10.2. The molecule has 1 unspecified atom stereocenters. The number of aryl methyl sites for hydroxylation is 1. The number of para-hydroxylation sites is 1. The maximum atomic E-state index is 12.8. The van der Waals surface area contributed by atoms with E-state index < -0.39 is 0 Å². The molecule has 0 bridgehead atoms. The smallest absolute Gasteiger partial charge is 0.257 e. The normalized spacial score (nSPS) is 21.6. The SMILES string of the molecule is Cc1ccccc1-n1cc(C(=O)N2CCC(N3CCNCC3)C2)cn1. The van der Waals surface area contributed by atoms with Crippen LogP contribution in [0.15, 0.2) is 36.7 Å². The van der Waals surface area contributed by atoms with Crippen LogP contribution < -0.4 is 5.32 Å². The van der Waals surface area contributed by atoms with Crippen LogP contribution in [0.3, 0.4) is 0 Å². The number of aromatic nitrogens is 2. The van der Waals surface area contributed by atoms with Crippen LogP contribution in [0, 0.1) is 6.92 Å². The van der Waals surface area contributed by atoms with E-state index in [4.69, 9.17) is 0 Å². The highest BCUT2D eigenvalue weighted by Crippen LogP contribution is 2.19. The number of rotatable bonds is 3. The molecule has 2 fully saturated rings. The Hall–Kier alpha value is -2.18. The summed E-state index contributed by atoms with van der Waals surface area (Å²) in [5.41, 5.74) is 2.83. The molecule has 2 aromatic rings. The first-order valence-corrected chi connectivity index (χ1v) is 9.07. The number of hydrogen-bond acceptors (Lipinski definition) is 4. The first-order valence-electron chi connectivity index (χ1n) is 9.07. The van der Waals surface area contributed by atoms with E-state index in [1.165, 1.54) is 0 Å². The molecule has 0 aliphatic carbocycles. The predicted octanol–water partition coefficient (Wildman–Crippen LogP) is 1.30. The molecule has 1 atom stereocenters. The lowest BCUT2D eigenvalue weighted by Gasteiger charge is -2.32. The van der Waals surface area contributed by atoms with Crippen molar-refractivity contribution < 1.29 is 4.79 Å². The van der Waals surface area contributed by atoms with E-state index in [0.29, 0.717) is 11.6 Å². The first-order chi connectivity index (χ1) is 12.2. The van der Waals surface area contributed by atoms with Gasteiger partial charge in [0.05, 0.1) is 17.4 Å². The van der Waals surface area contributed by atoms with Crippen LogP contribution in [0.25, 0.3) is 5.69 Å². The van der Waals surface area contributed by atoms with Crippen molar-refractivity contribution in [3.63, 3.8) is 0 Å². The van der Waals surface area contributed by atoms with Crippen molar-refractivity contribution in [2.24, 2.45) is 0 Å². The topological polar surface area (TPSA) is 53.4 Å². The van der Waals surface area contributed by atoms with Gasteiger partial charge in [0.2, 0.25) is 0 Å². The van der Waals surface area contributed by atoms with Gasteiger partial charge < -0.3 is 10.2 Å². The molecule has 3 heterocycles. The summed E-state index contributed by atoms with van der Waals surface area (Å²) in [6, 6.07) is 8.57. The fourth-order valence-electron chi connectivity index (χ4n) is 3.84. The summed E-state index contributed by atoms with van der Waals surface area (Å²) >= 11 is 0. The molecule has 0 saturated carbocycles. The molecular weight excluding hydrogens is 314 g/mol. The minimum atomic E-state index is 0.0949. The van der Waals surface area contributed by atoms with Gasteiger partial charge in [0.1, 0.15) is 0 Å². The minimum absolute atomic E-state index is 0.0949. The van der Waals surface area contributed by atoms with E-state index in [1.807, 2.05) is 29.3 Å². The molecule has 6 nitrogen and oxygen atoms in total. The molecule has 6 heteroatoms. The van der Waals surface area contributed by atoms with E-state index >= 15 is 0 Å². The molecule has 1 amide bonds. The van der Waals surface area contributed by atoms with Crippen molar-refractivity contribution in [2.75, 3.05) is 39.3 Å². The number of nitrogens with zero attached hydrogens (tertiary/aromatic N) is 4. The van der Waals surface area contributed by atoms with Gasteiger partial charge >= 0.3 is 0 Å². The highest BCUT2D eigenvalue weighted by molar-refractivity contribution is 5.94. The monoisotopic (exact) mass is 339 g/mol. The fraction of sp³-hybridized carbons (Fsp3) is 0.474. The molecule has 1 aromatic carbocycles. The van der Waals surface area contributed by atoms with Crippen LogP contribution in [0.5, 0.6) is 0 Å². The van der Waals surface area contributed by atoms with E-state index in [9.17, 15) is 4.79 Å². The maximum absolute atomic E-state index is 12.8. The Bertz CT molecular complexity index is 750. The molecule has 1 N–H and O–H groups in total. The van der Waals surface area contributed by atoms with Crippen LogP contribution in [0.1, 0.15) is 22.3 Å². The van der Waals surface area contributed by atoms with Gasteiger partial charge in [0, 0.05) is 51.5 Å². The Morgan fingerprint density at radius 2 is 2.00 bits per heavy atom. The second-order valence-corrected chi connectivity index (χ2v) is 6.94. The summed E-state index contributed by atoms with van der Waals surface area (Å²) in [5.74, 6) is 0.0949. The lowest BCUT2D eigenvalue weighted by Crippen LogP contribution is -2.49. The highest BCUT2D eigenvalue weighted by atomic mass is 16.2. The van der Waals surface area contributed by atoms with Crippen molar-refractivity contribution in [3.05, 3.63) is 47.8 Å². The van der Waals surface area contributed by atoms with Crippen molar-refractivity contribution >= 4 is 5.91 Å². The van der Waals surface area contributed by atoms with Gasteiger partial charge in [-0.1, -0.05) is 18.2 Å². The number of likely N-dealkylation sites (tertiary alicyclic amines) is 1. The van der Waals surface area contributed by atoms with E-state index in [0.717, 1.165) is 56.9 Å². The second-order valence-electron chi connectivity index (χ2n) is 6.94. The second kappa shape index (κ2) is 6.98. The molecule has 25 heavy (non-hydrogen) atoms. The fourth-order valence-corrected chi connectivity index (χ4v) is 3.84. The van der Waals surface area contributed by atoms with Crippen LogP contribution in [-0.4, -0.2) is 70.8 Å². The zero-order chi connectivity index (χ0) is 17.2. The highest BCUT2D eigenvalue weighted by Gasteiger charge is 2.31. The van der Waals surface area contributed by atoms with Gasteiger partial charge in [-0.3, -0.25) is 9.69 Å². The minimum Gasteiger partial charge on any atom is -0.337 e. The van der Waals surface area contributed by atoms with Crippen LogP contribution in [0.4, 0.5) is 0 Å². The van der Waals surface area contributed by atoms with Gasteiger partial charge in [-0.15, -0.1) is 0 Å². The van der Waals surface area contributed by atoms with Crippen LogP contribution in [-0.2, 0) is 0 Å². The van der Waals surface area contributed by atoms with E-state index in [2.05, 4.69) is 28.3 Å². The van der Waals surface area contributed by atoms with Crippen LogP contribution in [0.2, 0.25) is 0 Å². The molecule has 0 spiro atoms. The largest absolute Gasteiger partial charge is 0.337 e. The number of carbonyl (C=O) groups is 1. The average molecular weight is 339 g/mol. The Morgan fingerprint density at radius 3 is 2.80 bits per heavy atom. The Kier molecular flexibility index (Phi) is 4.55. The molecular formula is C19H25N5O. The summed E-state index contributed by atoms with van der Waals surface area (Å²) in [6.45, 7) is 7.98. The maximum Gasteiger partial charge on any atom is 0.257 e. The van der Waals surface area contributed by atoms with Crippen molar-refractivity contribution in [1.82, 2.24) is 24.9 Å². The number of piperazine rings is 1. The van der Waals surface area contributed by atoms with E-state index in [-0.39, 0.29) is 5.91 Å². The Morgan fingerprint density at radius 1 is 1.20 bits per heavy atom. The third-order valence-corrected chi connectivity index (χ3v) is 5.31. The Labute approximate surface area is 148 Å². The number of benzene rings is 1. The molecule has 2 aliphatic heterocycles. The number of nitrogens with one attached hydrogen (secondary N) is 1. The standard InChI is InChI=1S/C19H25N5O/c1-15-4-2-3-5-18(15)24-13-16(12-21-24)19(25)23-9-6-17(14-23)22-10-7-20-8-11-22/h2-5,12-13,17,20H,6-11,14H2,1H3. The molecule has 132 valence electrons. The van der Waals surface area contributed by atoms with Crippen LogP contribution >= 0.6 is 0 Å². The molecule has 2 saturated heterocycles. The predicted molar refractivity (Wildman–Crippen MR) is 97.1 cm³/mol. The quantitative estimate of drug-likeness (QED) is 0.916. The summed E-state index contributed by atoms with van der Waals surface area (Å²) in [4.78, 5) is 17.3. The third-order valence-electron chi connectivity index (χ3n) is 5.31. The van der Waals surface area contributed by atoms with Gasteiger partial charge in [-0.2, -0.15) is 5.10 Å². The van der Waals surface area contributed by atoms with Gasteiger partial charge in [0.25, 0.3) is 5.91 Å². The Balaban J connectivity index is 1.44. The third kappa shape index (κ3) is 3.32. The first kappa shape index (κ1) is 16.3. The molecule has 4 rings (SSSR count). The zero-order valence-electron chi connectivity index (χ0n) is 14.7. The zero-order valence-corrected chi connectivity index (χ0v) is 14.7. The summed E-state index contributed by atoms with van der Waals surface area (Å²) < 4.78 is 1.80. The molecule has 0 radical (unpaired) electrons. The van der Waals surface area contributed by atoms with Crippen molar-refractivity contribution in [2.45, 2.75) is 19.4 Å². The number of carbonyl (C=O) groups excluding carboxylic acids is 1. The van der Waals surface area contributed by atoms with Gasteiger partial charge in [-0.05, 0) is 25.0 Å². The summed E-state index contributed by atoms with van der Waals surface area (Å²) in [5, 5.41) is 7.79. The number of hydrogen-bond donors (Lipinski definition) is 1. The summed E-state index contributed by atoms with van der Waals surface area (Å²) in [7, 11) is 0. The van der Waals surface area contributed by atoms with Gasteiger partial charge in [-0.25, -0.2) is 4.68 Å². The molecule has 1 aromatic heterocycles. The average Bonchev–Trinajstić information content (AvgIpc) is 3.32. The van der Waals surface area contributed by atoms with Crippen molar-refractivity contribution in [3.8, 4) is 5.69 Å². The molecule has 2 aliphatic rings. The van der Waals surface area contributed by atoms with Crippen molar-refractivity contribution in [1.29, 1.82) is 0 Å². The van der Waals surface area contributed by atoms with E-state index in [1.54, 1.807) is 10.9 Å². The van der Waals surface area contributed by atoms with Gasteiger partial charge in [0.15, 0.2) is 0 Å². The number of amides is 1.